The van der Waals surface area contributed by atoms with E-state index in [0.29, 0.717) is 53.4 Å². The Morgan fingerprint density at radius 1 is 1.26 bits per heavy atom. The largest absolute Gasteiger partial charge is 0.496 e. The monoisotopic (exact) mass is 522 g/mol. The van der Waals surface area contributed by atoms with E-state index < -0.39 is 29.1 Å². The number of aliphatic hydroxyl groups is 1. The van der Waals surface area contributed by atoms with Crippen LogP contribution in [0.4, 0.5) is 0 Å². The number of carbonyl (C=O) groups is 2. The Morgan fingerprint density at radius 2 is 2.05 bits per heavy atom. The van der Waals surface area contributed by atoms with Gasteiger partial charge in [-0.2, -0.15) is 0 Å². The van der Waals surface area contributed by atoms with Crippen LogP contribution in [0.3, 0.4) is 0 Å². The van der Waals surface area contributed by atoms with E-state index in [2.05, 4.69) is 10.3 Å². The molecule has 0 saturated carbocycles. The van der Waals surface area contributed by atoms with Crippen LogP contribution in [0.25, 0.3) is 0 Å². The molecule has 2 amide bonds. The van der Waals surface area contributed by atoms with E-state index in [9.17, 15) is 14.7 Å². The first-order valence-corrected chi connectivity index (χ1v) is 12.8. The lowest BCUT2D eigenvalue weighted by Crippen LogP contribution is -2.52. The van der Waals surface area contributed by atoms with E-state index in [-0.39, 0.29) is 24.9 Å². The molecule has 0 saturated heterocycles. The first-order valence-electron chi connectivity index (χ1n) is 12.8. The summed E-state index contributed by atoms with van der Waals surface area (Å²) < 4.78 is 17.1. The number of nitrogens with two attached hydrogens (primary N) is 1. The van der Waals surface area contributed by atoms with Crippen molar-refractivity contribution in [3.05, 3.63) is 53.1 Å². The molecule has 0 fully saturated rings. The number of fused-ring (bicyclic) bond motifs is 2. The molecule has 3 aliphatic rings. The molecule has 38 heavy (non-hydrogen) atoms. The highest BCUT2D eigenvalue weighted by atomic mass is 16.5. The number of benzene rings is 2. The van der Waals surface area contributed by atoms with Gasteiger partial charge >= 0.3 is 0 Å². The second kappa shape index (κ2) is 9.50. The van der Waals surface area contributed by atoms with Gasteiger partial charge in [0.25, 0.3) is 5.91 Å². The SMILES string of the molecule is CCC1(C)CC(=O)N([C@@H]2CCOc3ccc(C(=O)NC4c5c(OC)cccc5OCC4(C)O)cc32)C(N)=N1. The zero-order valence-electron chi connectivity index (χ0n) is 22.1. The molecule has 10 heteroatoms. The van der Waals surface area contributed by atoms with Crippen LogP contribution >= 0.6 is 0 Å². The highest BCUT2D eigenvalue weighted by Gasteiger charge is 2.43. The Labute approximate surface area is 221 Å². The second-order valence-electron chi connectivity index (χ2n) is 10.6. The van der Waals surface area contributed by atoms with Crippen LogP contribution in [0.2, 0.25) is 0 Å². The van der Waals surface area contributed by atoms with Crippen LogP contribution in [0.5, 0.6) is 17.2 Å². The maximum absolute atomic E-state index is 13.6. The van der Waals surface area contributed by atoms with E-state index in [1.54, 1.807) is 43.3 Å². The summed E-state index contributed by atoms with van der Waals surface area (Å²) in [5.41, 5.74) is 6.03. The molecule has 2 aromatic rings. The van der Waals surface area contributed by atoms with Crippen LogP contribution in [-0.2, 0) is 4.79 Å². The van der Waals surface area contributed by atoms with Crippen LogP contribution in [0.15, 0.2) is 41.4 Å². The third-order valence-electron chi connectivity index (χ3n) is 7.74. The molecule has 202 valence electrons. The first kappa shape index (κ1) is 25.8. The Balaban J connectivity index is 1.47. The fourth-order valence-corrected chi connectivity index (χ4v) is 5.40. The molecule has 2 aromatic carbocycles. The van der Waals surface area contributed by atoms with Crippen molar-refractivity contribution in [2.75, 3.05) is 20.3 Å². The highest BCUT2D eigenvalue weighted by Crippen LogP contribution is 2.44. The maximum Gasteiger partial charge on any atom is 0.251 e. The van der Waals surface area contributed by atoms with Crippen molar-refractivity contribution in [1.82, 2.24) is 10.2 Å². The summed E-state index contributed by atoms with van der Waals surface area (Å²) in [6.07, 6.45) is 1.48. The van der Waals surface area contributed by atoms with Crippen molar-refractivity contribution in [2.45, 2.75) is 63.3 Å². The summed E-state index contributed by atoms with van der Waals surface area (Å²) in [4.78, 5) is 32.9. The van der Waals surface area contributed by atoms with Gasteiger partial charge in [0.1, 0.15) is 29.5 Å². The first-order chi connectivity index (χ1) is 18.1. The number of rotatable bonds is 5. The number of hydrogen-bond donors (Lipinski definition) is 3. The summed E-state index contributed by atoms with van der Waals surface area (Å²) in [6, 6.07) is 9.25. The number of aliphatic imine (C=N–C) groups is 1. The highest BCUT2D eigenvalue weighted by molar-refractivity contribution is 6.00. The molecular weight excluding hydrogens is 488 g/mol. The summed E-state index contributed by atoms with van der Waals surface area (Å²) in [7, 11) is 1.53. The summed E-state index contributed by atoms with van der Waals surface area (Å²) >= 11 is 0. The fraction of sp³-hybridized carbons (Fsp3) is 0.464. The molecule has 0 aliphatic carbocycles. The van der Waals surface area contributed by atoms with E-state index in [4.69, 9.17) is 19.9 Å². The summed E-state index contributed by atoms with van der Waals surface area (Å²) in [6.45, 7) is 5.93. The number of hydrogen-bond acceptors (Lipinski definition) is 8. The molecule has 3 unspecified atom stereocenters. The predicted molar refractivity (Wildman–Crippen MR) is 140 cm³/mol. The topological polar surface area (TPSA) is 136 Å². The maximum atomic E-state index is 13.6. The van der Waals surface area contributed by atoms with Gasteiger partial charge < -0.3 is 30.4 Å². The van der Waals surface area contributed by atoms with Gasteiger partial charge in [0.2, 0.25) is 5.91 Å². The van der Waals surface area contributed by atoms with Crippen molar-refractivity contribution in [3.63, 3.8) is 0 Å². The molecule has 3 heterocycles. The van der Waals surface area contributed by atoms with Gasteiger partial charge in [-0.05, 0) is 50.6 Å². The number of nitrogens with one attached hydrogen (secondary N) is 1. The van der Waals surface area contributed by atoms with Crippen molar-refractivity contribution >= 4 is 17.8 Å². The van der Waals surface area contributed by atoms with Crippen LogP contribution in [-0.4, -0.2) is 59.2 Å². The minimum Gasteiger partial charge on any atom is -0.496 e. The molecule has 3 aliphatic heterocycles. The standard InChI is InChI=1S/C28H34N4O6/c1-5-27(2)14-22(33)32(26(29)31-27)18-11-12-37-19-10-9-16(13-17(18)19)25(34)30-24-23-20(36-4)7-6-8-21(23)38-15-28(24,3)35/h6-10,13,18,24,35H,5,11-12,14-15H2,1-4H3,(H2,29,31)(H,30,34)/t18-,24?,27?,28?/m1/s1. The molecule has 0 bridgehead atoms. The van der Waals surface area contributed by atoms with Gasteiger partial charge in [0, 0.05) is 17.5 Å². The Kier molecular flexibility index (Phi) is 6.46. The van der Waals surface area contributed by atoms with Gasteiger partial charge in [-0.3, -0.25) is 14.5 Å². The molecule has 4 atom stereocenters. The Hall–Kier alpha value is -3.79. The zero-order chi connectivity index (χ0) is 27.2. The van der Waals surface area contributed by atoms with Crippen LogP contribution in [0.1, 0.15) is 73.6 Å². The van der Waals surface area contributed by atoms with E-state index in [0.717, 1.165) is 0 Å². The molecule has 4 N–H and O–H groups in total. The number of guanidine groups is 1. The van der Waals surface area contributed by atoms with Crippen molar-refractivity contribution in [2.24, 2.45) is 10.7 Å². The van der Waals surface area contributed by atoms with E-state index in [1.165, 1.54) is 12.0 Å². The lowest BCUT2D eigenvalue weighted by molar-refractivity contribution is -0.131. The van der Waals surface area contributed by atoms with Gasteiger partial charge in [-0.15, -0.1) is 0 Å². The minimum absolute atomic E-state index is 0.00454. The zero-order valence-corrected chi connectivity index (χ0v) is 22.1. The average Bonchev–Trinajstić information content (AvgIpc) is 2.89. The van der Waals surface area contributed by atoms with Gasteiger partial charge in [-0.25, -0.2) is 4.99 Å². The number of carbonyl (C=O) groups excluding carboxylic acids is 2. The Bertz CT molecular complexity index is 1290. The van der Waals surface area contributed by atoms with Crippen molar-refractivity contribution in [1.29, 1.82) is 0 Å². The smallest absolute Gasteiger partial charge is 0.251 e. The molecule has 0 aromatic heterocycles. The number of methoxy groups -OCH3 is 1. The lowest BCUT2D eigenvalue weighted by atomic mass is 9.87. The predicted octanol–water partition coefficient (Wildman–Crippen LogP) is 2.85. The van der Waals surface area contributed by atoms with Gasteiger partial charge in [-0.1, -0.05) is 13.0 Å². The lowest BCUT2D eigenvalue weighted by Gasteiger charge is -2.41. The van der Waals surface area contributed by atoms with E-state index >= 15 is 0 Å². The normalized spacial score (nSPS) is 28.3. The molecule has 10 nitrogen and oxygen atoms in total. The van der Waals surface area contributed by atoms with E-state index in [1.807, 2.05) is 13.8 Å². The molecule has 0 radical (unpaired) electrons. The molecular formula is C28H34N4O6. The van der Waals surface area contributed by atoms with Crippen molar-refractivity contribution in [3.8, 4) is 17.2 Å². The third-order valence-corrected chi connectivity index (χ3v) is 7.74. The summed E-state index contributed by atoms with van der Waals surface area (Å²) in [5.74, 6) is 1.32. The Morgan fingerprint density at radius 3 is 2.76 bits per heavy atom. The second-order valence-corrected chi connectivity index (χ2v) is 10.6. The summed E-state index contributed by atoms with van der Waals surface area (Å²) in [5, 5.41) is 14.1. The molecule has 0 spiro atoms. The van der Waals surface area contributed by atoms with Gasteiger partial charge in [0.15, 0.2) is 5.96 Å². The minimum atomic E-state index is -1.38. The number of nitrogens with zero attached hydrogens (tertiary/aromatic N) is 2. The average molecular weight is 523 g/mol. The van der Waals surface area contributed by atoms with Crippen LogP contribution < -0.4 is 25.3 Å². The van der Waals surface area contributed by atoms with Gasteiger partial charge in [0.05, 0.1) is 43.3 Å². The van der Waals surface area contributed by atoms with Crippen molar-refractivity contribution < 1.29 is 28.9 Å². The third kappa shape index (κ3) is 4.42. The quantitative estimate of drug-likeness (QED) is 0.549. The number of ether oxygens (including phenoxy) is 3. The fourth-order valence-electron chi connectivity index (χ4n) is 5.40. The van der Waals surface area contributed by atoms with Crippen LogP contribution in [0, 0.1) is 0 Å². The molecule has 5 rings (SSSR count). The number of amides is 2.